The fraction of sp³-hybridized carbons (Fsp3) is 0.667. The van der Waals surface area contributed by atoms with E-state index in [9.17, 15) is 0 Å². The van der Waals surface area contributed by atoms with E-state index in [4.69, 9.17) is 5.73 Å². The Morgan fingerprint density at radius 3 is 2.38 bits per heavy atom. The van der Waals surface area contributed by atoms with Crippen molar-refractivity contribution in [2.24, 2.45) is 0 Å². The van der Waals surface area contributed by atoms with Crippen LogP contribution in [0.2, 0.25) is 0 Å². The molecule has 1 heterocycles. The molecule has 0 aliphatic rings. The van der Waals surface area contributed by atoms with E-state index in [1.54, 1.807) is 0 Å². The first-order valence-electron chi connectivity index (χ1n) is 5.74. The van der Waals surface area contributed by atoms with E-state index in [1.165, 1.54) is 0 Å². The summed E-state index contributed by atoms with van der Waals surface area (Å²) < 4.78 is 0. The fourth-order valence-corrected chi connectivity index (χ4v) is 1.39. The number of aromatic nitrogens is 2. The molecule has 3 N–H and O–H groups in total. The number of nitrogens with one attached hydrogen (secondary N) is 1. The van der Waals surface area contributed by atoms with Crippen LogP contribution in [0.5, 0.6) is 0 Å². The first-order chi connectivity index (χ1) is 7.33. The number of anilines is 2. The first kappa shape index (κ1) is 12.7. The number of nitrogens with zero attached hydrogens (tertiary/aromatic N) is 2. The van der Waals surface area contributed by atoms with Gasteiger partial charge in [0.15, 0.2) is 0 Å². The lowest BCUT2D eigenvalue weighted by Gasteiger charge is -2.23. The Balaban J connectivity index is 3.06. The van der Waals surface area contributed by atoms with Gasteiger partial charge in [-0.3, -0.25) is 0 Å². The molecule has 0 saturated heterocycles. The highest BCUT2D eigenvalue weighted by Crippen LogP contribution is 2.21. The molecule has 4 nitrogen and oxygen atoms in total. The average Bonchev–Trinajstić information content (AvgIpc) is 2.11. The summed E-state index contributed by atoms with van der Waals surface area (Å²) in [5, 5.41) is 3.36. The smallest absolute Gasteiger partial charge is 0.135 e. The van der Waals surface area contributed by atoms with Gasteiger partial charge in [-0.25, -0.2) is 9.97 Å². The number of rotatable bonds is 3. The van der Waals surface area contributed by atoms with Gasteiger partial charge in [-0.1, -0.05) is 6.92 Å². The third kappa shape index (κ3) is 3.36. The zero-order valence-electron chi connectivity index (χ0n) is 10.9. The molecule has 0 aliphatic carbocycles. The zero-order chi connectivity index (χ0) is 12.3. The van der Waals surface area contributed by atoms with E-state index in [2.05, 4.69) is 43.0 Å². The van der Waals surface area contributed by atoms with E-state index in [0.29, 0.717) is 5.82 Å². The number of hydrogen-bond acceptors (Lipinski definition) is 4. The summed E-state index contributed by atoms with van der Waals surface area (Å²) in [6.07, 6.45) is 1.89. The van der Waals surface area contributed by atoms with Gasteiger partial charge in [-0.2, -0.15) is 0 Å². The van der Waals surface area contributed by atoms with Gasteiger partial charge < -0.3 is 11.1 Å². The number of aryl methyl sites for hydroxylation is 1. The molecular formula is C12H22N4. The minimum Gasteiger partial charge on any atom is -0.383 e. The van der Waals surface area contributed by atoms with Crippen molar-refractivity contribution in [2.75, 3.05) is 11.1 Å². The van der Waals surface area contributed by atoms with E-state index in [-0.39, 0.29) is 5.54 Å². The monoisotopic (exact) mass is 222 g/mol. The van der Waals surface area contributed by atoms with Crippen molar-refractivity contribution in [1.82, 2.24) is 9.97 Å². The quantitative estimate of drug-likeness (QED) is 0.825. The molecule has 4 heteroatoms. The van der Waals surface area contributed by atoms with Gasteiger partial charge in [0.05, 0.1) is 0 Å². The normalized spacial score (nSPS) is 11.6. The summed E-state index contributed by atoms with van der Waals surface area (Å²) in [6, 6.07) is 0. The molecule has 1 aromatic heterocycles. The van der Waals surface area contributed by atoms with Crippen LogP contribution in [0.15, 0.2) is 0 Å². The van der Waals surface area contributed by atoms with Gasteiger partial charge in [0.25, 0.3) is 0 Å². The fourth-order valence-electron chi connectivity index (χ4n) is 1.39. The van der Waals surface area contributed by atoms with Gasteiger partial charge in [0.1, 0.15) is 17.5 Å². The Labute approximate surface area is 97.7 Å². The second-order valence-corrected chi connectivity index (χ2v) is 5.12. The molecule has 0 atom stereocenters. The first-order valence-corrected chi connectivity index (χ1v) is 5.74. The topological polar surface area (TPSA) is 63.8 Å². The molecule has 1 aromatic rings. The number of nitrogens with two attached hydrogens (primary N) is 1. The van der Waals surface area contributed by atoms with Crippen LogP contribution < -0.4 is 11.1 Å². The standard InChI is InChI=1S/C12H22N4/c1-6-7-9-14-10(13)8(2)11(15-9)16-12(3,4)5/h6-7H2,1-5H3,(H3,13,14,15,16). The molecule has 90 valence electrons. The average molecular weight is 222 g/mol. The molecule has 0 bridgehead atoms. The second-order valence-electron chi connectivity index (χ2n) is 5.12. The van der Waals surface area contributed by atoms with Gasteiger partial charge >= 0.3 is 0 Å². The summed E-state index contributed by atoms with van der Waals surface area (Å²) in [5.74, 6) is 2.24. The summed E-state index contributed by atoms with van der Waals surface area (Å²) in [4.78, 5) is 8.79. The van der Waals surface area contributed by atoms with Gasteiger partial charge in [-0.05, 0) is 34.1 Å². The van der Waals surface area contributed by atoms with Crippen LogP contribution in [0, 0.1) is 6.92 Å². The SMILES string of the molecule is CCCc1nc(N)c(C)c(NC(C)(C)C)n1. The number of nitrogen functional groups attached to an aromatic ring is 1. The lowest BCUT2D eigenvalue weighted by Crippen LogP contribution is -2.28. The van der Waals surface area contributed by atoms with Crippen molar-refractivity contribution in [2.45, 2.75) is 53.0 Å². The van der Waals surface area contributed by atoms with E-state index in [1.807, 2.05) is 6.92 Å². The van der Waals surface area contributed by atoms with Gasteiger partial charge in [-0.15, -0.1) is 0 Å². The minimum atomic E-state index is -0.0188. The predicted octanol–water partition coefficient (Wildman–Crippen LogP) is 2.53. The zero-order valence-corrected chi connectivity index (χ0v) is 10.9. The Bertz CT molecular complexity index is 366. The van der Waals surface area contributed by atoms with Crippen LogP contribution in [0.3, 0.4) is 0 Å². The molecule has 0 fully saturated rings. The molecule has 0 aromatic carbocycles. The molecule has 0 amide bonds. The van der Waals surface area contributed by atoms with Crippen LogP contribution in [-0.2, 0) is 6.42 Å². The van der Waals surface area contributed by atoms with E-state index in [0.717, 1.165) is 30.0 Å². The van der Waals surface area contributed by atoms with Crippen molar-refractivity contribution < 1.29 is 0 Å². The van der Waals surface area contributed by atoms with Crippen molar-refractivity contribution >= 4 is 11.6 Å². The Kier molecular flexibility index (Phi) is 3.73. The van der Waals surface area contributed by atoms with Crippen LogP contribution in [-0.4, -0.2) is 15.5 Å². The van der Waals surface area contributed by atoms with Crippen molar-refractivity contribution in [3.05, 3.63) is 11.4 Å². The third-order valence-electron chi connectivity index (χ3n) is 2.20. The van der Waals surface area contributed by atoms with Crippen LogP contribution in [0.1, 0.15) is 45.5 Å². The van der Waals surface area contributed by atoms with Crippen molar-refractivity contribution in [3.63, 3.8) is 0 Å². The second kappa shape index (κ2) is 4.68. The molecular weight excluding hydrogens is 200 g/mol. The predicted molar refractivity (Wildman–Crippen MR) is 68.6 cm³/mol. The molecule has 0 unspecified atom stereocenters. The molecule has 0 aliphatic heterocycles. The minimum absolute atomic E-state index is 0.0188. The van der Waals surface area contributed by atoms with E-state index < -0.39 is 0 Å². The van der Waals surface area contributed by atoms with Crippen LogP contribution >= 0.6 is 0 Å². The van der Waals surface area contributed by atoms with Crippen molar-refractivity contribution in [3.8, 4) is 0 Å². The highest BCUT2D eigenvalue weighted by Gasteiger charge is 2.14. The molecule has 0 spiro atoms. The Hall–Kier alpha value is -1.32. The van der Waals surface area contributed by atoms with Gasteiger partial charge in [0, 0.05) is 17.5 Å². The van der Waals surface area contributed by atoms with Gasteiger partial charge in [0.2, 0.25) is 0 Å². The summed E-state index contributed by atoms with van der Waals surface area (Å²) >= 11 is 0. The summed E-state index contributed by atoms with van der Waals surface area (Å²) in [5.41, 5.74) is 6.79. The highest BCUT2D eigenvalue weighted by molar-refractivity contribution is 5.55. The summed E-state index contributed by atoms with van der Waals surface area (Å²) in [6.45, 7) is 10.4. The molecule has 0 radical (unpaired) electrons. The Morgan fingerprint density at radius 1 is 1.25 bits per heavy atom. The van der Waals surface area contributed by atoms with Crippen LogP contribution in [0.4, 0.5) is 11.6 Å². The highest BCUT2D eigenvalue weighted by atomic mass is 15.1. The maximum atomic E-state index is 5.88. The largest absolute Gasteiger partial charge is 0.383 e. The maximum Gasteiger partial charge on any atom is 0.135 e. The number of hydrogen-bond donors (Lipinski definition) is 2. The Morgan fingerprint density at radius 2 is 1.88 bits per heavy atom. The maximum absolute atomic E-state index is 5.88. The lowest BCUT2D eigenvalue weighted by molar-refractivity contribution is 0.627. The lowest BCUT2D eigenvalue weighted by atomic mass is 10.1. The van der Waals surface area contributed by atoms with Crippen molar-refractivity contribution in [1.29, 1.82) is 0 Å². The molecule has 16 heavy (non-hydrogen) atoms. The van der Waals surface area contributed by atoms with E-state index >= 15 is 0 Å². The summed E-state index contributed by atoms with van der Waals surface area (Å²) in [7, 11) is 0. The molecule has 1 rings (SSSR count). The molecule has 0 saturated carbocycles. The third-order valence-corrected chi connectivity index (χ3v) is 2.20. The van der Waals surface area contributed by atoms with Crippen LogP contribution in [0.25, 0.3) is 0 Å².